The molecule has 4 heteroatoms. The van der Waals surface area contributed by atoms with Crippen molar-refractivity contribution >= 4 is 5.91 Å². The fourth-order valence-electron chi connectivity index (χ4n) is 2.80. The third-order valence-electron chi connectivity index (χ3n) is 3.84. The molecule has 0 heterocycles. The second kappa shape index (κ2) is 5.58. The Kier molecular flexibility index (Phi) is 3.62. The van der Waals surface area contributed by atoms with Crippen LogP contribution in [0.25, 0.3) is 0 Å². The zero-order valence-corrected chi connectivity index (χ0v) is 11.7. The van der Waals surface area contributed by atoms with E-state index in [1.165, 1.54) is 7.11 Å². The van der Waals surface area contributed by atoms with Gasteiger partial charge in [-0.15, -0.1) is 0 Å². The van der Waals surface area contributed by atoms with E-state index in [9.17, 15) is 9.90 Å². The molecule has 2 N–H and O–H groups in total. The van der Waals surface area contributed by atoms with Gasteiger partial charge in [-0.3, -0.25) is 4.79 Å². The zero-order chi connectivity index (χ0) is 14.8. The van der Waals surface area contributed by atoms with Gasteiger partial charge in [0.15, 0.2) is 0 Å². The Bertz CT molecular complexity index is 669. The summed E-state index contributed by atoms with van der Waals surface area (Å²) in [7, 11) is 1.53. The molecule has 0 aliphatic heterocycles. The summed E-state index contributed by atoms with van der Waals surface area (Å²) in [4.78, 5) is 12.4. The van der Waals surface area contributed by atoms with Gasteiger partial charge in [0.25, 0.3) is 5.91 Å². The summed E-state index contributed by atoms with van der Waals surface area (Å²) in [6, 6.07) is 14.5. The maximum absolute atomic E-state index is 12.4. The van der Waals surface area contributed by atoms with E-state index < -0.39 is 6.10 Å². The Morgan fingerprint density at radius 2 is 1.90 bits per heavy atom. The number of hydrogen-bond acceptors (Lipinski definition) is 3. The monoisotopic (exact) mass is 283 g/mol. The molecule has 0 fully saturated rings. The van der Waals surface area contributed by atoms with Crippen LogP contribution in [0.4, 0.5) is 0 Å². The number of ether oxygens (including phenoxy) is 1. The van der Waals surface area contributed by atoms with Gasteiger partial charge < -0.3 is 15.2 Å². The maximum atomic E-state index is 12.4. The van der Waals surface area contributed by atoms with Gasteiger partial charge in [-0.2, -0.15) is 0 Å². The number of aliphatic hydroxyl groups is 1. The summed E-state index contributed by atoms with van der Waals surface area (Å²) < 4.78 is 5.20. The Hall–Kier alpha value is -2.33. The highest BCUT2D eigenvalue weighted by Gasteiger charge is 2.32. The first kappa shape index (κ1) is 13.6. The average molecular weight is 283 g/mol. The number of rotatable bonds is 3. The summed E-state index contributed by atoms with van der Waals surface area (Å²) in [5.41, 5.74) is 2.53. The molecule has 2 aromatic carbocycles. The van der Waals surface area contributed by atoms with Gasteiger partial charge in [0.05, 0.1) is 24.8 Å². The van der Waals surface area contributed by atoms with Crippen LogP contribution in [0.15, 0.2) is 48.5 Å². The lowest BCUT2D eigenvalue weighted by molar-refractivity contribution is 0.0855. The van der Waals surface area contributed by atoms with Gasteiger partial charge in [-0.1, -0.05) is 36.4 Å². The summed E-state index contributed by atoms with van der Waals surface area (Å²) >= 11 is 0. The number of nitrogens with one attached hydrogen (secondary N) is 1. The van der Waals surface area contributed by atoms with E-state index in [0.29, 0.717) is 17.7 Å². The SMILES string of the molecule is COc1ccccc1C(=O)NC1c2ccccc2CC1O. The van der Waals surface area contributed by atoms with Crippen molar-refractivity contribution in [1.29, 1.82) is 0 Å². The predicted octanol–water partition coefficient (Wildman–Crippen LogP) is 2.08. The van der Waals surface area contributed by atoms with E-state index in [4.69, 9.17) is 4.74 Å². The van der Waals surface area contributed by atoms with Crippen molar-refractivity contribution in [2.45, 2.75) is 18.6 Å². The first-order valence-electron chi connectivity index (χ1n) is 6.90. The van der Waals surface area contributed by atoms with Gasteiger partial charge >= 0.3 is 0 Å². The molecule has 21 heavy (non-hydrogen) atoms. The molecule has 2 aromatic rings. The van der Waals surface area contributed by atoms with Gasteiger partial charge in [-0.25, -0.2) is 0 Å². The molecule has 4 nitrogen and oxygen atoms in total. The summed E-state index contributed by atoms with van der Waals surface area (Å²) in [6.07, 6.45) is -0.0337. The fraction of sp³-hybridized carbons (Fsp3) is 0.235. The highest BCUT2D eigenvalue weighted by atomic mass is 16.5. The van der Waals surface area contributed by atoms with E-state index >= 15 is 0 Å². The number of aliphatic hydroxyl groups excluding tert-OH is 1. The van der Waals surface area contributed by atoms with Crippen molar-refractivity contribution in [3.8, 4) is 5.75 Å². The molecule has 108 valence electrons. The molecule has 3 rings (SSSR count). The number of hydrogen-bond donors (Lipinski definition) is 2. The molecule has 0 aromatic heterocycles. The molecular formula is C17H17NO3. The van der Waals surface area contributed by atoms with Crippen LogP contribution in [0.1, 0.15) is 27.5 Å². The molecule has 0 spiro atoms. The number of benzene rings is 2. The second-order valence-electron chi connectivity index (χ2n) is 5.12. The number of methoxy groups -OCH3 is 1. The van der Waals surface area contributed by atoms with E-state index in [1.54, 1.807) is 18.2 Å². The molecule has 2 unspecified atom stereocenters. The maximum Gasteiger partial charge on any atom is 0.255 e. The van der Waals surface area contributed by atoms with Crippen LogP contribution in [-0.2, 0) is 6.42 Å². The van der Waals surface area contributed by atoms with Crippen molar-refractivity contribution in [3.05, 3.63) is 65.2 Å². The molecule has 0 radical (unpaired) electrons. The third-order valence-corrected chi connectivity index (χ3v) is 3.84. The average Bonchev–Trinajstić information content (AvgIpc) is 2.83. The van der Waals surface area contributed by atoms with Crippen molar-refractivity contribution < 1.29 is 14.6 Å². The second-order valence-corrected chi connectivity index (χ2v) is 5.12. The molecule has 0 saturated heterocycles. The first-order chi connectivity index (χ1) is 10.2. The van der Waals surface area contributed by atoms with Crippen LogP contribution in [-0.4, -0.2) is 24.2 Å². The van der Waals surface area contributed by atoms with Crippen molar-refractivity contribution in [2.24, 2.45) is 0 Å². The number of para-hydroxylation sites is 1. The Labute approximate surface area is 123 Å². The lowest BCUT2D eigenvalue weighted by Gasteiger charge is -2.18. The van der Waals surface area contributed by atoms with E-state index in [1.807, 2.05) is 30.3 Å². The quantitative estimate of drug-likeness (QED) is 0.906. The minimum Gasteiger partial charge on any atom is -0.496 e. The summed E-state index contributed by atoms with van der Waals surface area (Å²) in [6.45, 7) is 0. The van der Waals surface area contributed by atoms with Gasteiger partial charge in [-0.05, 0) is 23.3 Å². The van der Waals surface area contributed by atoms with Crippen molar-refractivity contribution in [3.63, 3.8) is 0 Å². The standard InChI is InChI=1S/C17H17NO3/c1-21-15-9-5-4-8-13(15)17(20)18-16-12-7-3-2-6-11(12)10-14(16)19/h2-9,14,16,19H,10H2,1H3,(H,18,20). The molecule has 0 bridgehead atoms. The number of carbonyl (C=O) groups is 1. The van der Waals surface area contributed by atoms with Crippen LogP contribution >= 0.6 is 0 Å². The Balaban J connectivity index is 1.85. The number of amides is 1. The molecular weight excluding hydrogens is 266 g/mol. The normalized spacial score (nSPS) is 19.9. The predicted molar refractivity (Wildman–Crippen MR) is 79.4 cm³/mol. The minimum atomic E-state index is -0.596. The highest BCUT2D eigenvalue weighted by molar-refractivity contribution is 5.97. The van der Waals surface area contributed by atoms with Crippen LogP contribution in [0, 0.1) is 0 Å². The van der Waals surface area contributed by atoms with Crippen LogP contribution in [0.3, 0.4) is 0 Å². The topological polar surface area (TPSA) is 58.6 Å². The van der Waals surface area contributed by atoms with Crippen LogP contribution < -0.4 is 10.1 Å². The van der Waals surface area contributed by atoms with E-state index in [2.05, 4.69) is 5.32 Å². The van der Waals surface area contributed by atoms with Crippen molar-refractivity contribution in [2.75, 3.05) is 7.11 Å². The van der Waals surface area contributed by atoms with Crippen molar-refractivity contribution in [1.82, 2.24) is 5.32 Å². The van der Waals surface area contributed by atoms with E-state index in [-0.39, 0.29) is 11.9 Å². The third kappa shape index (κ3) is 2.50. The highest BCUT2D eigenvalue weighted by Crippen LogP contribution is 2.31. The molecule has 1 aliphatic rings. The summed E-state index contributed by atoms with van der Waals surface area (Å²) in [5, 5.41) is 13.1. The molecule has 1 amide bonds. The van der Waals surface area contributed by atoms with Gasteiger partial charge in [0.2, 0.25) is 0 Å². The Morgan fingerprint density at radius 1 is 1.19 bits per heavy atom. The van der Waals surface area contributed by atoms with Gasteiger partial charge in [0.1, 0.15) is 5.75 Å². The Morgan fingerprint density at radius 3 is 2.71 bits per heavy atom. The minimum absolute atomic E-state index is 0.242. The largest absolute Gasteiger partial charge is 0.496 e. The lowest BCUT2D eigenvalue weighted by atomic mass is 10.1. The molecule has 0 saturated carbocycles. The zero-order valence-electron chi connectivity index (χ0n) is 11.7. The fourth-order valence-corrected chi connectivity index (χ4v) is 2.80. The number of fused-ring (bicyclic) bond motifs is 1. The first-order valence-corrected chi connectivity index (χ1v) is 6.90. The van der Waals surface area contributed by atoms with Crippen LogP contribution in [0.5, 0.6) is 5.75 Å². The smallest absolute Gasteiger partial charge is 0.255 e. The van der Waals surface area contributed by atoms with E-state index in [0.717, 1.165) is 11.1 Å². The van der Waals surface area contributed by atoms with Crippen LogP contribution in [0.2, 0.25) is 0 Å². The summed E-state index contributed by atoms with van der Waals surface area (Å²) in [5.74, 6) is 0.281. The lowest BCUT2D eigenvalue weighted by Crippen LogP contribution is -2.34. The van der Waals surface area contributed by atoms with Gasteiger partial charge in [0, 0.05) is 6.42 Å². The molecule has 2 atom stereocenters. The molecule has 1 aliphatic carbocycles. The number of carbonyl (C=O) groups excluding carboxylic acids is 1.